The second-order valence-electron chi connectivity index (χ2n) is 6.10. The standard InChI is InChI=1S/C22H14BrN3/c23-15-10-11-19-18(14-15)21-17(22-24-12-5-13-25-22)8-4-9-20(21)26(19)16-6-2-1-3-7-16/h1-14H. The van der Waals surface area contributed by atoms with Crippen LogP contribution in [0.25, 0.3) is 38.9 Å². The lowest BCUT2D eigenvalue weighted by Gasteiger charge is -2.08. The summed E-state index contributed by atoms with van der Waals surface area (Å²) in [5, 5.41) is 2.35. The predicted molar refractivity (Wildman–Crippen MR) is 110 cm³/mol. The molecule has 5 aromatic rings. The number of aromatic nitrogens is 3. The van der Waals surface area contributed by atoms with Crippen LogP contribution >= 0.6 is 15.9 Å². The lowest BCUT2D eigenvalue weighted by Crippen LogP contribution is -1.93. The van der Waals surface area contributed by atoms with Crippen molar-refractivity contribution in [2.24, 2.45) is 0 Å². The highest BCUT2D eigenvalue weighted by Crippen LogP contribution is 2.38. The highest BCUT2D eigenvalue weighted by Gasteiger charge is 2.17. The molecular formula is C22H14BrN3. The monoisotopic (exact) mass is 399 g/mol. The largest absolute Gasteiger partial charge is 0.309 e. The van der Waals surface area contributed by atoms with Crippen LogP contribution in [0.1, 0.15) is 0 Å². The van der Waals surface area contributed by atoms with Gasteiger partial charge in [0.1, 0.15) is 0 Å². The molecule has 0 saturated carbocycles. The fraction of sp³-hybridized carbons (Fsp3) is 0. The third-order valence-electron chi connectivity index (χ3n) is 4.57. The van der Waals surface area contributed by atoms with Gasteiger partial charge in [0.2, 0.25) is 0 Å². The SMILES string of the molecule is Brc1ccc2c(c1)c1c(-c3ncccn3)cccc1n2-c1ccccc1. The van der Waals surface area contributed by atoms with Crippen LogP contribution in [0, 0.1) is 0 Å². The topological polar surface area (TPSA) is 30.7 Å². The minimum Gasteiger partial charge on any atom is -0.309 e. The van der Waals surface area contributed by atoms with E-state index in [4.69, 9.17) is 0 Å². The molecule has 5 rings (SSSR count). The summed E-state index contributed by atoms with van der Waals surface area (Å²) >= 11 is 3.62. The van der Waals surface area contributed by atoms with Crippen molar-refractivity contribution in [3.05, 3.63) is 89.7 Å². The zero-order chi connectivity index (χ0) is 17.5. The molecule has 0 N–H and O–H groups in total. The third kappa shape index (κ3) is 2.34. The van der Waals surface area contributed by atoms with Gasteiger partial charge in [0, 0.05) is 38.9 Å². The van der Waals surface area contributed by atoms with Crippen LogP contribution < -0.4 is 0 Å². The molecule has 2 heterocycles. The lowest BCUT2D eigenvalue weighted by molar-refractivity contribution is 1.17. The van der Waals surface area contributed by atoms with E-state index in [1.165, 1.54) is 10.8 Å². The minimum absolute atomic E-state index is 0.741. The number of para-hydroxylation sites is 1. The van der Waals surface area contributed by atoms with Crippen LogP contribution in [0.15, 0.2) is 89.7 Å². The van der Waals surface area contributed by atoms with Gasteiger partial charge in [-0.05, 0) is 42.5 Å². The van der Waals surface area contributed by atoms with E-state index in [-0.39, 0.29) is 0 Å². The Balaban J connectivity index is 1.97. The molecule has 3 aromatic carbocycles. The molecule has 0 amide bonds. The summed E-state index contributed by atoms with van der Waals surface area (Å²) < 4.78 is 3.35. The van der Waals surface area contributed by atoms with Crippen molar-refractivity contribution in [1.29, 1.82) is 0 Å². The van der Waals surface area contributed by atoms with Gasteiger partial charge in [0.25, 0.3) is 0 Å². The van der Waals surface area contributed by atoms with E-state index in [0.29, 0.717) is 0 Å². The average Bonchev–Trinajstić information content (AvgIpc) is 3.03. The van der Waals surface area contributed by atoms with E-state index in [1.807, 2.05) is 12.1 Å². The van der Waals surface area contributed by atoms with Crippen LogP contribution in [0.5, 0.6) is 0 Å². The van der Waals surface area contributed by atoms with Gasteiger partial charge >= 0.3 is 0 Å². The van der Waals surface area contributed by atoms with Crippen LogP contribution in [0.2, 0.25) is 0 Å². The van der Waals surface area contributed by atoms with E-state index >= 15 is 0 Å². The van der Waals surface area contributed by atoms with Gasteiger partial charge in [-0.2, -0.15) is 0 Å². The van der Waals surface area contributed by atoms with Crippen LogP contribution in [0.4, 0.5) is 0 Å². The van der Waals surface area contributed by atoms with Crippen molar-refractivity contribution in [2.75, 3.05) is 0 Å². The molecule has 0 unspecified atom stereocenters. The van der Waals surface area contributed by atoms with Gasteiger partial charge in [-0.3, -0.25) is 0 Å². The van der Waals surface area contributed by atoms with Gasteiger partial charge in [0.15, 0.2) is 5.82 Å². The predicted octanol–water partition coefficient (Wildman–Crippen LogP) is 6.00. The molecule has 2 aromatic heterocycles. The second-order valence-corrected chi connectivity index (χ2v) is 7.02. The maximum atomic E-state index is 4.48. The molecule has 0 aliphatic rings. The molecule has 0 saturated heterocycles. The molecule has 0 aliphatic heterocycles. The molecule has 0 bridgehead atoms. The molecule has 0 radical (unpaired) electrons. The first kappa shape index (κ1) is 15.3. The van der Waals surface area contributed by atoms with Crippen molar-refractivity contribution in [3.8, 4) is 17.1 Å². The van der Waals surface area contributed by atoms with Gasteiger partial charge in [-0.1, -0.05) is 46.3 Å². The number of hydrogen-bond acceptors (Lipinski definition) is 2. The molecule has 0 aliphatic carbocycles. The smallest absolute Gasteiger partial charge is 0.159 e. The van der Waals surface area contributed by atoms with Gasteiger partial charge in [-0.15, -0.1) is 0 Å². The number of benzene rings is 3. The lowest BCUT2D eigenvalue weighted by atomic mass is 10.1. The molecule has 26 heavy (non-hydrogen) atoms. The van der Waals surface area contributed by atoms with E-state index in [9.17, 15) is 0 Å². The van der Waals surface area contributed by atoms with Crippen molar-refractivity contribution in [1.82, 2.24) is 14.5 Å². The van der Waals surface area contributed by atoms with Gasteiger partial charge < -0.3 is 4.57 Å². The average molecular weight is 400 g/mol. The van der Waals surface area contributed by atoms with Crippen molar-refractivity contribution < 1.29 is 0 Å². The summed E-state index contributed by atoms with van der Waals surface area (Å²) in [4.78, 5) is 8.96. The van der Waals surface area contributed by atoms with Crippen LogP contribution in [0.3, 0.4) is 0 Å². The number of fused-ring (bicyclic) bond motifs is 3. The number of rotatable bonds is 2. The normalized spacial score (nSPS) is 11.3. The first-order valence-corrected chi connectivity index (χ1v) is 9.18. The molecule has 0 fully saturated rings. The summed E-state index contributed by atoms with van der Waals surface area (Å²) in [5.74, 6) is 0.741. The first-order valence-electron chi connectivity index (χ1n) is 8.38. The fourth-order valence-electron chi connectivity index (χ4n) is 3.52. The highest BCUT2D eigenvalue weighted by atomic mass is 79.9. The minimum atomic E-state index is 0.741. The Labute approximate surface area is 159 Å². The number of nitrogens with zero attached hydrogens (tertiary/aromatic N) is 3. The highest BCUT2D eigenvalue weighted by molar-refractivity contribution is 9.10. The summed E-state index contributed by atoms with van der Waals surface area (Å²) in [7, 11) is 0. The second kappa shape index (κ2) is 6.07. The van der Waals surface area contributed by atoms with Crippen LogP contribution in [-0.2, 0) is 0 Å². The third-order valence-corrected chi connectivity index (χ3v) is 5.07. The molecule has 0 atom stereocenters. The number of hydrogen-bond donors (Lipinski definition) is 0. The molecule has 4 heteroatoms. The quantitative estimate of drug-likeness (QED) is 0.364. The van der Waals surface area contributed by atoms with Crippen molar-refractivity contribution in [3.63, 3.8) is 0 Å². The van der Waals surface area contributed by atoms with Crippen LogP contribution in [-0.4, -0.2) is 14.5 Å². The maximum Gasteiger partial charge on any atom is 0.159 e. The zero-order valence-corrected chi connectivity index (χ0v) is 15.4. The summed E-state index contributed by atoms with van der Waals surface area (Å²) in [6.45, 7) is 0. The van der Waals surface area contributed by atoms with Gasteiger partial charge in [0.05, 0.1) is 11.0 Å². The summed E-state index contributed by atoms with van der Waals surface area (Å²) in [6.07, 6.45) is 3.57. The van der Waals surface area contributed by atoms with Crippen molar-refractivity contribution in [2.45, 2.75) is 0 Å². The molecular weight excluding hydrogens is 386 g/mol. The van der Waals surface area contributed by atoms with E-state index in [2.05, 4.69) is 91.1 Å². The summed E-state index contributed by atoms with van der Waals surface area (Å²) in [5.41, 5.74) is 4.49. The Bertz CT molecular complexity index is 1230. The van der Waals surface area contributed by atoms with E-state index in [0.717, 1.165) is 32.6 Å². The van der Waals surface area contributed by atoms with E-state index in [1.54, 1.807) is 12.4 Å². The zero-order valence-electron chi connectivity index (χ0n) is 13.8. The Kier molecular flexibility index (Phi) is 3.57. The van der Waals surface area contributed by atoms with Crippen molar-refractivity contribution >= 4 is 37.7 Å². The molecule has 124 valence electrons. The molecule has 3 nitrogen and oxygen atoms in total. The maximum absolute atomic E-state index is 4.48. The Morgan fingerprint density at radius 2 is 1.54 bits per heavy atom. The van der Waals surface area contributed by atoms with Gasteiger partial charge in [-0.25, -0.2) is 9.97 Å². The summed E-state index contributed by atoms with van der Waals surface area (Å²) in [6, 6.07) is 25.0. The Morgan fingerprint density at radius 3 is 2.35 bits per heavy atom. The number of halogens is 1. The van der Waals surface area contributed by atoms with E-state index < -0.39 is 0 Å². The molecule has 0 spiro atoms. The Morgan fingerprint density at radius 1 is 0.731 bits per heavy atom. The Hall–Kier alpha value is -2.98. The first-order chi connectivity index (χ1) is 12.8. The fourth-order valence-corrected chi connectivity index (χ4v) is 3.88.